The summed E-state index contributed by atoms with van der Waals surface area (Å²) in [5.41, 5.74) is 6.66. The second-order valence-corrected chi connectivity index (χ2v) is 3.90. The number of nitrogens with two attached hydrogens (primary N) is 1. The fourth-order valence-corrected chi connectivity index (χ4v) is 1.68. The van der Waals surface area contributed by atoms with Crippen LogP contribution >= 0.6 is 0 Å². The summed E-state index contributed by atoms with van der Waals surface area (Å²) in [4.78, 5) is 24.6. The maximum Gasteiger partial charge on any atom is 0.261 e. The summed E-state index contributed by atoms with van der Waals surface area (Å²) in [5.74, 6) is -1.45. The fourth-order valence-electron chi connectivity index (χ4n) is 1.68. The summed E-state index contributed by atoms with van der Waals surface area (Å²) >= 11 is 0. The van der Waals surface area contributed by atoms with Gasteiger partial charge in [-0.25, -0.2) is 9.29 Å². The van der Waals surface area contributed by atoms with Gasteiger partial charge in [0.1, 0.15) is 5.82 Å². The number of hydrogen-bond acceptors (Lipinski definition) is 3. The SMILES string of the molecule is CC1=C(C)C(=O)N(c2cc(F)ccc2N)C1=O. The van der Waals surface area contributed by atoms with E-state index in [1.807, 2.05) is 0 Å². The second-order valence-electron chi connectivity index (χ2n) is 3.90. The van der Waals surface area contributed by atoms with Gasteiger partial charge in [-0.2, -0.15) is 0 Å². The Kier molecular flexibility index (Phi) is 2.46. The van der Waals surface area contributed by atoms with Gasteiger partial charge in [-0.15, -0.1) is 0 Å². The molecule has 2 rings (SSSR count). The number of amides is 2. The van der Waals surface area contributed by atoms with E-state index in [-0.39, 0.29) is 11.4 Å². The lowest BCUT2D eigenvalue weighted by Gasteiger charge is -2.16. The number of halogens is 1. The first-order valence-electron chi connectivity index (χ1n) is 5.04. The molecular formula is C12H11FN2O2. The van der Waals surface area contributed by atoms with Crippen molar-refractivity contribution in [1.29, 1.82) is 0 Å². The molecule has 1 aromatic carbocycles. The molecule has 1 heterocycles. The minimum absolute atomic E-state index is 0.0937. The van der Waals surface area contributed by atoms with E-state index in [0.717, 1.165) is 11.0 Å². The van der Waals surface area contributed by atoms with Crippen molar-refractivity contribution in [2.24, 2.45) is 0 Å². The van der Waals surface area contributed by atoms with E-state index in [9.17, 15) is 14.0 Å². The molecule has 0 aromatic heterocycles. The third-order valence-corrected chi connectivity index (χ3v) is 2.84. The van der Waals surface area contributed by atoms with Crippen LogP contribution in [0.4, 0.5) is 15.8 Å². The highest BCUT2D eigenvalue weighted by Gasteiger charge is 2.35. The van der Waals surface area contributed by atoms with E-state index in [4.69, 9.17) is 5.73 Å². The number of benzene rings is 1. The van der Waals surface area contributed by atoms with Crippen LogP contribution in [-0.2, 0) is 9.59 Å². The standard InChI is InChI=1S/C12H11FN2O2/c1-6-7(2)12(17)15(11(6)16)10-5-8(13)3-4-9(10)14/h3-5H,14H2,1-2H3. The molecule has 0 saturated carbocycles. The highest BCUT2D eigenvalue weighted by Crippen LogP contribution is 2.31. The van der Waals surface area contributed by atoms with Gasteiger partial charge in [-0.3, -0.25) is 9.59 Å². The Morgan fingerprint density at radius 3 is 2.18 bits per heavy atom. The minimum atomic E-state index is -0.544. The zero-order valence-electron chi connectivity index (χ0n) is 9.45. The maximum atomic E-state index is 13.1. The third kappa shape index (κ3) is 1.60. The van der Waals surface area contributed by atoms with Crippen molar-refractivity contribution in [3.05, 3.63) is 35.2 Å². The first kappa shape index (κ1) is 11.3. The summed E-state index contributed by atoms with van der Waals surface area (Å²) in [6.45, 7) is 3.12. The van der Waals surface area contributed by atoms with E-state index in [1.165, 1.54) is 12.1 Å². The van der Waals surface area contributed by atoms with Crippen molar-refractivity contribution in [1.82, 2.24) is 0 Å². The number of nitrogens with zero attached hydrogens (tertiary/aromatic N) is 1. The van der Waals surface area contributed by atoms with Gasteiger partial charge in [0.25, 0.3) is 11.8 Å². The molecule has 1 aliphatic heterocycles. The molecule has 1 aromatic rings. The molecule has 0 spiro atoms. The Morgan fingerprint density at radius 1 is 1.12 bits per heavy atom. The van der Waals surface area contributed by atoms with Crippen LogP contribution in [0.1, 0.15) is 13.8 Å². The molecule has 0 radical (unpaired) electrons. The van der Waals surface area contributed by atoms with Gasteiger partial charge in [0.15, 0.2) is 0 Å². The Balaban J connectivity index is 2.54. The van der Waals surface area contributed by atoms with Gasteiger partial charge in [0.2, 0.25) is 0 Å². The van der Waals surface area contributed by atoms with Gasteiger partial charge in [-0.1, -0.05) is 0 Å². The molecule has 0 bridgehead atoms. The molecule has 2 amide bonds. The van der Waals surface area contributed by atoms with Crippen molar-refractivity contribution in [2.45, 2.75) is 13.8 Å². The van der Waals surface area contributed by atoms with Gasteiger partial charge in [-0.05, 0) is 26.0 Å². The number of carbonyl (C=O) groups is 2. The first-order valence-corrected chi connectivity index (χ1v) is 5.04. The molecule has 0 saturated heterocycles. The summed E-state index contributed by atoms with van der Waals surface area (Å²) in [5, 5.41) is 0. The highest BCUT2D eigenvalue weighted by atomic mass is 19.1. The van der Waals surface area contributed by atoms with Gasteiger partial charge >= 0.3 is 0 Å². The molecular weight excluding hydrogens is 223 g/mol. The Bertz CT molecular complexity index is 540. The monoisotopic (exact) mass is 234 g/mol. The molecule has 0 unspecified atom stereocenters. The quantitative estimate of drug-likeness (QED) is 0.593. The average Bonchev–Trinajstić information content (AvgIpc) is 2.48. The maximum absolute atomic E-state index is 13.1. The topological polar surface area (TPSA) is 63.4 Å². The normalized spacial score (nSPS) is 16.1. The summed E-state index contributed by atoms with van der Waals surface area (Å²) in [7, 11) is 0. The molecule has 88 valence electrons. The molecule has 5 heteroatoms. The van der Waals surface area contributed by atoms with Crippen LogP contribution in [0, 0.1) is 5.82 Å². The fraction of sp³-hybridized carbons (Fsp3) is 0.167. The second kappa shape index (κ2) is 3.69. The molecule has 17 heavy (non-hydrogen) atoms. The number of carbonyl (C=O) groups excluding carboxylic acids is 2. The Labute approximate surface area is 97.5 Å². The van der Waals surface area contributed by atoms with Crippen LogP contribution in [0.15, 0.2) is 29.3 Å². The largest absolute Gasteiger partial charge is 0.397 e. The smallest absolute Gasteiger partial charge is 0.261 e. The minimum Gasteiger partial charge on any atom is -0.397 e. The van der Waals surface area contributed by atoms with Crippen molar-refractivity contribution in [2.75, 3.05) is 10.6 Å². The van der Waals surface area contributed by atoms with Crippen molar-refractivity contribution in [3.63, 3.8) is 0 Å². The van der Waals surface area contributed by atoms with Crippen molar-refractivity contribution >= 4 is 23.2 Å². The predicted molar refractivity (Wildman–Crippen MR) is 61.7 cm³/mol. The van der Waals surface area contributed by atoms with Crippen LogP contribution < -0.4 is 10.6 Å². The first-order chi connectivity index (χ1) is 7.93. The van der Waals surface area contributed by atoms with Crippen LogP contribution in [0.2, 0.25) is 0 Å². The molecule has 0 aliphatic carbocycles. The number of nitrogen functional groups attached to an aromatic ring is 1. The van der Waals surface area contributed by atoms with Crippen LogP contribution in [-0.4, -0.2) is 11.8 Å². The Hall–Kier alpha value is -2.17. The average molecular weight is 234 g/mol. The van der Waals surface area contributed by atoms with E-state index >= 15 is 0 Å². The van der Waals surface area contributed by atoms with E-state index in [0.29, 0.717) is 11.1 Å². The van der Waals surface area contributed by atoms with E-state index in [1.54, 1.807) is 13.8 Å². The molecule has 0 fully saturated rings. The molecule has 0 atom stereocenters. The number of anilines is 2. The van der Waals surface area contributed by atoms with E-state index in [2.05, 4.69) is 0 Å². The molecule has 2 N–H and O–H groups in total. The zero-order chi connectivity index (χ0) is 12.7. The lowest BCUT2D eigenvalue weighted by atomic mass is 10.2. The summed E-state index contributed by atoms with van der Waals surface area (Å²) in [6, 6.07) is 3.59. The third-order valence-electron chi connectivity index (χ3n) is 2.84. The number of rotatable bonds is 1. The van der Waals surface area contributed by atoms with Gasteiger partial charge < -0.3 is 5.73 Å². The van der Waals surface area contributed by atoms with Crippen molar-refractivity contribution < 1.29 is 14.0 Å². The molecule has 1 aliphatic rings. The van der Waals surface area contributed by atoms with Crippen LogP contribution in [0.25, 0.3) is 0 Å². The lowest BCUT2D eigenvalue weighted by Crippen LogP contribution is -2.32. The summed E-state index contributed by atoms with van der Waals surface area (Å²) in [6.07, 6.45) is 0. The number of hydrogen-bond donors (Lipinski definition) is 1. The number of imide groups is 1. The Morgan fingerprint density at radius 2 is 1.65 bits per heavy atom. The zero-order valence-corrected chi connectivity index (χ0v) is 9.45. The highest BCUT2D eigenvalue weighted by molar-refractivity contribution is 6.33. The van der Waals surface area contributed by atoms with Crippen molar-refractivity contribution in [3.8, 4) is 0 Å². The van der Waals surface area contributed by atoms with E-state index < -0.39 is 17.6 Å². The van der Waals surface area contributed by atoms with Crippen LogP contribution in [0.5, 0.6) is 0 Å². The molecule has 4 nitrogen and oxygen atoms in total. The van der Waals surface area contributed by atoms with Gasteiger partial charge in [0.05, 0.1) is 11.4 Å². The predicted octanol–water partition coefficient (Wildman–Crippen LogP) is 1.62. The summed E-state index contributed by atoms with van der Waals surface area (Å²) < 4.78 is 13.1. The van der Waals surface area contributed by atoms with Crippen LogP contribution in [0.3, 0.4) is 0 Å². The van der Waals surface area contributed by atoms with Gasteiger partial charge in [0, 0.05) is 17.2 Å². The lowest BCUT2D eigenvalue weighted by molar-refractivity contribution is -0.120.